The third-order valence-electron chi connectivity index (χ3n) is 4.24. The molecule has 8 nitrogen and oxygen atoms in total. The topological polar surface area (TPSA) is 84.2 Å². The van der Waals surface area contributed by atoms with Crippen LogP contribution in [0.4, 0.5) is 0 Å². The molecule has 0 atom stereocenters. The van der Waals surface area contributed by atoms with Crippen molar-refractivity contribution >= 4 is 12.2 Å². The van der Waals surface area contributed by atoms with E-state index < -0.39 is 0 Å². The molecule has 162 valence electrons. The van der Waals surface area contributed by atoms with Gasteiger partial charge in [-0.1, -0.05) is 23.4 Å². The first-order chi connectivity index (χ1) is 15.1. The van der Waals surface area contributed by atoms with Gasteiger partial charge in [0, 0.05) is 7.05 Å². The number of rotatable bonds is 10. The molecule has 8 heteroatoms. The summed E-state index contributed by atoms with van der Waals surface area (Å²) in [5.74, 6) is 1.56. The summed E-state index contributed by atoms with van der Waals surface area (Å²) in [4.78, 5) is 16.9. The van der Waals surface area contributed by atoms with Gasteiger partial charge in [0.1, 0.15) is 18.1 Å². The monoisotopic (exact) mass is 423 g/mol. The summed E-state index contributed by atoms with van der Waals surface area (Å²) in [7, 11) is 1.81. The molecule has 0 saturated heterocycles. The number of aryl methyl sites for hydroxylation is 2. The van der Waals surface area contributed by atoms with E-state index in [2.05, 4.69) is 10.3 Å². The van der Waals surface area contributed by atoms with Crippen molar-refractivity contribution in [3.8, 4) is 17.4 Å². The van der Waals surface area contributed by atoms with Gasteiger partial charge in [0.2, 0.25) is 5.88 Å². The van der Waals surface area contributed by atoms with Crippen LogP contribution in [0.2, 0.25) is 0 Å². The Balaban J connectivity index is 1.49. The van der Waals surface area contributed by atoms with Gasteiger partial charge in [-0.15, -0.1) is 0 Å². The third kappa shape index (κ3) is 6.08. The average molecular weight is 423 g/mol. The average Bonchev–Trinajstić information content (AvgIpc) is 3.04. The molecule has 2 aromatic carbocycles. The van der Waals surface area contributed by atoms with Crippen LogP contribution in [0, 0.1) is 6.92 Å². The second kappa shape index (κ2) is 10.8. The van der Waals surface area contributed by atoms with Crippen molar-refractivity contribution in [3.63, 3.8) is 0 Å². The Kier molecular flexibility index (Phi) is 7.64. The third-order valence-corrected chi connectivity index (χ3v) is 4.24. The lowest BCUT2D eigenvalue weighted by Gasteiger charge is -2.07. The van der Waals surface area contributed by atoms with E-state index in [9.17, 15) is 4.79 Å². The summed E-state index contributed by atoms with van der Waals surface area (Å²) >= 11 is 0. The summed E-state index contributed by atoms with van der Waals surface area (Å²) in [6, 6.07) is 16.2. The lowest BCUT2D eigenvalue weighted by atomic mass is 10.2. The lowest BCUT2D eigenvalue weighted by molar-refractivity contribution is 0.0526. The minimum absolute atomic E-state index is 0.254. The number of hydrogen-bond acceptors (Lipinski definition) is 7. The molecule has 0 unspecified atom stereocenters. The highest BCUT2D eigenvalue weighted by Gasteiger charge is 2.14. The van der Waals surface area contributed by atoms with Gasteiger partial charge in [0.15, 0.2) is 6.61 Å². The van der Waals surface area contributed by atoms with Gasteiger partial charge in [-0.3, -0.25) is 0 Å². The smallest absolute Gasteiger partial charge is 0.338 e. The summed E-state index contributed by atoms with van der Waals surface area (Å²) in [6.45, 7) is 4.54. The molecule has 0 bridgehead atoms. The molecule has 0 aliphatic rings. The fourth-order valence-corrected chi connectivity index (χ4v) is 2.76. The molecular formula is C23H25N3O5. The van der Waals surface area contributed by atoms with Crippen molar-refractivity contribution < 1.29 is 23.8 Å². The lowest BCUT2D eigenvalue weighted by Crippen LogP contribution is -2.06. The van der Waals surface area contributed by atoms with Crippen molar-refractivity contribution in [2.45, 2.75) is 13.8 Å². The molecule has 0 N–H and O–H groups in total. The minimum Gasteiger partial charge on any atom is -0.490 e. The molecule has 1 aromatic heterocycles. The number of nitrogens with zero attached hydrogens (tertiary/aromatic N) is 3. The summed E-state index contributed by atoms with van der Waals surface area (Å²) in [5.41, 5.74) is 2.00. The van der Waals surface area contributed by atoms with Gasteiger partial charge >= 0.3 is 5.97 Å². The molecule has 0 amide bonds. The second-order valence-corrected chi connectivity index (χ2v) is 6.50. The van der Waals surface area contributed by atoms with Crippen molar-refractivity contribution in [1.82, 2.24) is 9.78 Å². The number of aromatic nitrogens is 2. The fraction of sp³-hybridized carbons (Fsp3) is 0.261. The van der Waals surface area contributed by atoms with E-state index in [-0.39, 0.29) is 12.6 Å². The van der Waals surface area contributed by atoms with Crippen molar-refractivity contribution in [3.05, 3.63) is 71.4 Å². The normalized spacial score (nSPS) is 10.8. The van der Waals surface area contributed by atoms with Crippen LogP contribution in [0.3, 0.4) is 0 Å². The maximum Gasteiger partial charge on any atom is 0.338 e. The van der Waals surface area contributed by atoms with E-state index in [4.69, 9.17) is 19.0 Å². The van der Waals surface area contributed by atoms with Crippen LogP contribution in [-0.2, 0) is 16.6 Å². The van der Waals surface area contributed by atoms with Crippen LogP contribution in [0.25, 0.3) is 0 Å². The van der Waals surface area contributed by atoms with Crippen LogP contribution >= 0.6 is 0 Å². The summed E-state index contributed by atoms with van der Waals surface area (Å²) < 4.78 is 18.1. The van der Waals surface area contributed by atoms with Crippen LogP contribution in [-0.4, -0.2) is 41.8 Å². The van der Waals surface area contributed by atoms with Crippen LogP contribution in [0.15, 0.2) is 59.8 Å². The predicted molar refractivity (Wildman–Crippen MR) is 116 cm³/mol. The Hall–Kier alpha value is -3.81. The second-order valence-electron chi connectivity index (χ2n) is 6.50. The minimum atomic E-state index is -0.354. The number of hydrogen-bond donors (Lipinski definition) is 0. The van der Waals surface area contributed by atoms with Gasteiger partial charge in [-0.05, 0) is 50.2 Å². The Morgan fingerprint density at radius 2 is 1.81 bits per heavy atom. The molecule has 3 rings (SSSR count). The molecule has 1 heterocycles. The molecule has 0 radical (unpaired) electrons. The Bertz CT molecular complexity index is 1010. The van der Waals surface area contributed by atoms with Crippen LogP contribution in [0.5, 0.6) is 17.4 Å². The van der Waals surface area contributed by atoms with Crippen molar-refractivity contribution in [1.29, 1.82) is 0 Å². The maximum atomic E-state index is 11.6. The molecular weight excluding hydrogens is 398 g/mol. The van der Waals surface area contributed by atoms with Crippen LogP contribution in [0.1, 0.15) is 28.5 Å². The first-order valence-corrected chi connectivity index (χ1v) is 9.90. The SMILES string of the molecule is CCOC(=O)c1ccc(OCCON=Cc2c(C)nn(C)c2Oc2ccccc2)cc1. The quantitative estimate of drug-likeness (QED) is 0.211. The number of ether oxygens (including phenoxy) is 3. The fourth-order valence-electron chi connectivity index (χ4n) is 2.76. The highest BCUT2D eigenvalue weighted by molar-refractivity contribution is 5.89. The highest BCUT2D eigenvalue weighted by Crippen LogP contribution is 2.25. The predicted octanol–water partition coefficient (Wildman–Crippen LogP) is 4.13. The van der Waals surface area contributed by atoms with Crippen LogP contribution < -0.4 is 9.47 Å². The van der Waals surface area contributed by atoms with Gasteiger partial charge in [-0.25, -0.2) is 9.48 Å². The maximum absolute atomic E-state index is 11.6. The van der Waals surface area contributed by atoms with E-state index in [1.165, 1.54) is 0 Å². The van der Waals surface area contributed by atoms with Gasteiger partial charge in [0.05, 0.1) is 29.6 Å². The summed E-state index contributed by atoms with van der Waals surface area (Å²) in [6.07, 6.45) is 1.58. The van der Waals surface area contributed by atoms with E-state index in [0.29, 0.717) is 36.2 Å². The van der Waals surface area contributed by atoms with E-state index in [0.717, 1.165) is 11.3 Å². The molecule has 0 spiro atoms. The Morgan fingerprint density at radius 3 is 2.52 bits per heavy atom. The molecule has 0 aliphatic heterocycles. The van der Waals surface area contributed by atoms with E-state index in [1.807, 2.05) is 44.3 Å². The van der Waals surface area contributed by atoms with Gasteiger partial charge < -0.3 is 19.0 Å². The van der Waals surface area contributed by atoms with E-state index >= 15 is 0 Å². The zero-order valence-corrected chi connectivity index (χ0v) is 17.8. The van der Waals surface area contributed by atoms with Crippen molar-refractivity contribution in [2.24, 2.45) is 12.2 Å². The molecule has 0 saturated carbocycles. The first kappa shape index (κ1) is 21.9. The Morgan fingerprint density at radius 1 is 1.06 bits per heavy atom. The number of benzene rings is 2. The number of carbonyl (C=O) groups excluding carboxylic acids is 1. The molecule has 31 heavy (non-hydrogen) atoms. The zero-order valence-electron chi connectivity index (χ0n) is 17.8. The van der Waals surface area contributed by atoms with Gasteiger partial charge in [-0.2, -0.15) is 5.10 Å². The van der Waals surface area contributed by atoms with Gasteiger partial charge in [0.25, 0.3) is 0 Å². The Labute approximate surface area is 181 Å². The molecule has 0 fully saturated rings. The largest absolute Gasteiger partial charge is 0.490 e. The molecule has 0 aliphatic carbocycles. The summed E-state index contributed by atoms with van der Waals surface area (Å²) in [5, 5.41) is 8.39. The highest BCUT2D eigenvalue weighted by atomic mass is 16.6. The standard InChI is InChI=1S/C23H25N3O5/c1-4-28-23(27)18-10-12-19(13-11-18)29-14-15-30-24-16-21-17(2)25-26(3)22(21)31-20-8-6-5-7-9-20/h5-13,16H,4,14-15H2,1-3H3. The molecule has 3 aromatic rings. The zero-order chi connectivity index (χ0) is 22.1. The van der Waals surface area contributed by atoms with E-state index in [1.54, 1.807) is 42.1 Å². The number of esters is 1. The number of para-hydroxylation sites is 1. The number of oxime groups is 1. The van der Waals surface area contributed by atoms with Crippen molar-refractivity contribution in [2.75, 3.05) is 19.8 Å². The number of carbonyl (C=O) groups is 1. The first-order valence-electron chi connectivity index (χ1n) is 9.90.